The Balaban J connectivity index is 2.79. The zero-order chi connectivity index (χ0) is 12.0. The number of hydrogen-bond donors (Lipinski definition) is 0. The van der Waals surface area contributed by atoms with E-state index in [0.717, 1.165) is 5.70 Å². The molecule has 1 heterocycles. The first-order chi connectivity index (χ1) is 7.65. The molecule has 1 fully saturated rings. The predicted molar refractivity (Wildman–Crippen MR) is 60.9 cm³/mol. The largest absolute Gasteiger partial charge is 0.449 e. The normalized spacial score (nSPS) is 19.6. The van der Waals surface area contributed by atoms with Gasteiger partial charge >= 0.3 is 6.09 Å². The highest BCUT2D eigenvalue weighted by atomic mass is 16.6. The Labute approximate surface area is 95.6 Å². The molecule has 0 spiro atoms. The van der Waals surface area contributed by atoms with Crippen molar-refractivity contribution in [3.8, 4) is 0 Å². The lowest BCUT2D eigenvalue weighted by Gasteiger charge is -2.23. The minimum absolute atomic E-state index is 0.0740. The van der Waals surface area contributed by atoms with E-state index in [1.54, 1.807) is 13.0 Å². The van der Waals surface area contributed by atoms with Crippen molar-refractivity contribution in [2.24, 2.45) is 0 Å². The Hall–Kier alpha value is -1.58. The van der Waals surface area contributed by atoms with Crippen LogP contribution < -0.4 is 0 Å². The summed E-state index contributed by atoms with van der Waals surface area (Å²) in [6.07, 6.45) is 6.13. The highest BCUT2D eigenvalue weighted by molar-refractivity contribution is 5.85. The minimum Gasteiger partial charge on any atom is -0.449 e. The first-order valence-corrected chi connectivity index (χ1v) is 5.40. The van der Waals surface area contributed by atoms with E-state index in [4.69, 9.17) is 4.74 Å². The van der Waals surface area contributed by atoms with Crippen LogP contribution >= 0.6 is 0 Å². The van der Waals surface area contributed by atoms with Crippen LogP contribution in [0.4, 0.5) is 4.79 Å². The highest BCUT2D eigenvalue weighted by Gasteiger charge is 2.22. The molecule has 1 amide bonds. The van der Waals surface area contributed by atoms with E-state index in [2.05, 4.69) is 0 Å². The summed E-state index contributed by atoms with van der Waals surface area (Å²) in [5.41, 5.74) is 0.721. The fourth-order valence-electron chi connectivity index (χ4n) is 1.42. The summed E-state index contributed by atoms with van der Waals surface area (Å²) >= 11 is 0. The Morgan fingerprint density at radius 3 is 2.88 bits per heavy atom. The zero-order valence-corrected chi connectivity index (χ0v) is 9.73. The maximum absolute atomic E-state index is 11.6. The number of allylic oxidation sites excluding steroid dienone is 4. The van der Waals surface area contributed by atoms with Crippen molar-refractivity contribution in [2.75, 3.05) is 13.2 Å². The van der Waals surface area contributed by atoms with E-state index in [9.17, 15) is 9.59 Å². The molecule has 4 heteroatoms. The molecule has 0 saturated carbocycles. The fourth-order valence-corrected chi connectivity index (χ4v) is 1.42. The van der Waals surface area contributed by atoms with Gasteiger partial charge in [-0.05, 0) is 26.3 Å². The summed E-state index contributed by atoms with van der Waals surface area (Å²) < 4.78 is 5.01. The van der Waals surface area contributed by atoms with Gasteiger partial charge in [-0.2, -0.15) is 0 Å². The molecule has 1 aliphatic heterocycles. The molecule has 0 aliphatic carbocycles. The summed E-state index contributed by atoms with van der Waals surface area (Å²) in [4.78, 5) is 24.5. The molecule has 0 N–H and O–H groups in total. The molecule has 0 aromatic heterocycles. The standard InChI is InChI=1S/C12H17NO3/c1-3-4-6-10(2)13-9-11(14)7-5-8-16-12(13)15/h3-4,6H,5,7-9H2,1-2H3/b4-3-,10-6+. The minimum atomic E-state index is -0.439. The number of cyclic esters (lactones) is 1. The van der Waals surface area contributed by atoms with E-state index >= 15 is 0 Å². The molecule has 0 radical (unpaired) electrons. The number of ketones is 1. The lowest BCUT2D eigenvalue weighted by atomic mass is 10.2. The molecule has 0 aromatic carbocycles. The molecule has 0 unspecified atom stereocenters. The molecule has 88 valence electrons. The molecular formula is C12H17NO3. The highest BCUT2D eigenvalue weighted by Crippen LogP contribution is 2.11. The van der Waals surface area contributed by atoms with Crippen LogP contribution in [0.1, 0.15) is 26.7 Å². The van der Waals surface area contributed by atoms with Crippen LogP contribution in [0.25, 0.3) is 0 Å². The molecule has 16 heavy (non-hydrogen) atoms. The third-order valence-electron chi connectivity index (χ3n) is 2.34. The van der Waals surface area contributed by atoms with Crippen molar-refractivity contribution in [2.45, 2.75) is 26.7 Å². The van der Waals surface area contributed by atoms with Gasteiger partial charge in [-0.15, -0.1) is 0 Å². The van der Waals surface area contributed by atoms with Gasteiger partial charge in [-0.1, -0.05) is 12.2 Å². The molecule has 1 saturated heterocycles. The fraction of sp³-hybridized carbons (Fsp3) is 0.500. The smallest absolute Gasteiger partial charge is 0.414 e. The molecule has 1 rings (SSSR count). The predicted octanol–water partition coefficient (Wildman–Crippen LogP) is 2.27. The van der Waals surface area contributed by atoms with E-state index < -0.39 is 6.09 Å². The average molecular weight is 223 g/mol. The van der Waals surface area contributed by atoms with Gasteiger partial charge in [0.15, 0.2) is 5.78 Å². The number of ether oxygens (including phenoxy) is 1. The lowest BCUT2D eigenvalue weighted by molar-refractivity contribution is -0.120. The van der Waals surface area contributed by atoms with Crippen LogP contribution in [0, 0.1) is 0 Å². The van der Waals surface area contributed by atoms with Crippen LogP contribution in [0.5, 0.6) is 0 Å². The quantitative estimate of drug-likeness (QED) is 0.675. The molecule has 0 atom stereocenters. The van der Waals surface area contributed by atoms with Crippen LogP contribution in [0.2, 0.25) is 0 Å². The molecule has 0 aromatic rings. The Kier molecular flexibility index (Phi) is 4.76. The van der Waals surface area contributed by atoms with E-state index in [0.29, 0.717) is 19.4 Å². The molecule has 0 bridgehead atoms. The number of carbonyl (C=O) groups excluding carboxylic acids is 2. The second-order valence-electron chi connectivity index (χ2n) is 3.68. The SMILES string of the molecule is C/C=C\C=C(/C)N1CC(=O)CCCOC1=O. The van der Waals surface area contributed by atoms with Crippen LogP contribution in [-0.2, 0) is 9.53 Å². The van der Waals surface area contributed by atoms with Gasteiger partial charge in [0, 0.05) is 12.1 Å². The summed E-state index contributed by atoms with van der Waals surface area (Å²) in [5, 5.41) is 0. The number of carbonyl (C=O) groups is 2. The number of amides is 1. The van der Waals surface area contributed by atoms with Gasteiger partial charge in [0.05, 0.1) is 13.2 Å². The van der Waals surface area contributed by atoms with Gasteiger partial charge < -0.3 is 4.74 Å². The Bertz CT molecular complexity index is 331. The summed E-state index contributed by atoms with van der Waals surface area (Å²) in [5.74, 6) is 0.0740. The van der Waals surface area contributed by atoms with E-state index in [-0.39, 0.29) is 12.3 Å². The first kappa shape index (κ1) is 12.5. The van der Waals surface area contributed by atoms with Crippen LogP contribution in [0.15, 0.2) is 23.9 Å². The van der Waals surface area contributed by atoms with Crippen molar-refractivity contribution in [3.63, 3.8) is 0 Å². The zero-order valence-electron chi connectivity index (χ0n) is 9.73. The summed E-state index contributed by atoms with van der Waals surface area (Å²) in [6, 6.07) is 0. The van der Waals surface area contributed by atoms with Gasteiger partial charge in [0.2, 0.25) is 0 Å². The maximum atomic E-state index is 11.6. The third-order valence-corrected chi connectivity index (χ3v) is 2.34. The number of nitrogens with zero attached hydrogens (tertiary/aromatic N) is 1. The van der Waals surface area contributed by atoms with Crippen molar-refractivity contribution in [3.05, 3.63) is 23.9 Å². The topological polar surface area (TPSA) is 46.6 Å². The van der Waals surface area contributed by atoms with Gasteiger partial charge in [0.25, 0.3) is 0 Å². The van der Waals surface area contributed by atoms with Gasteiger partial charge in [-0.3, -0.25) is 9.69 Å². The average Bonchev–Trinajstić information content (AvgIpc) is 2.26. The second kappa shape index (κ2) is 6.10. The summed E-state index contributed by atoms with van der Waals surface area (Å²) in [7, 11) is 0. The van der Waals surface area contributed by atoms with Crippen molar-refractivity contribution < 1.29 is 14.3 Å². The lowest BCUT2D eigenvalue weighted by Crippen LogP contribution is -2.36. The van der Waals surface area contributed by atoms with E-state index in [1.165, 1.54) is 4.90 Å². The molecule has 1 aliphatic rings. The van der Waals surface area contributed by atoms with E-state index in [1.807, 2.05) is 19.1 Å². The van der Waals surface area contributed by atoms with Crippen molar-refractivity contribution in [1.29, 1.82) is 0 Å². The third kappa shape index (κ3) is 3.53. The van der Waals surface area contributed by atoms with Crippen molar-refractivity contribution >= 4 is 11.9 Å². The van der Waals surface area contributed by atoms with Crippen molar-refractivity contribution in [1.82, 2.24) is 4.90 Å². The van der Waals surface area contributed by atoms with Crippen LogP contribution in [0.3, 0.4) is 0 Å². The monoisotopic (exact) mass is 223 g/mol. The number of rotatable bonds is 2. The van der Waals surface area contributed by atoms with Gasteiger partial charge in [-0.25, -0.2) is 4.79 Å². The Morgan fingerprint density at radius 1 is 1.44 bits per heavy atom. The van der Waals surface area contributed by atoms with Crippen LogP contribution in [-0.4, -0.2) is 29.9 Å². The number of Topliss-reactive ketones (excluding diaryl/α,β-unsaturated/α-hetero) is 1. The molecular weight excluding hydrogens is 206 g/mol. The second-order valence-corrected chi connectivity index (χ2v) is 3.68. The first-order valence-electron chi connectivity index (χ1n) is 5.40. The summed E-state index contributed by atoms with van der Waals surface area (Å²) in [6.45, 7) is 4.10. The maximum Gasteiger partial charge on any atom is 0.414 e. The number of hydrogen-bond acceptors (Lipinski definition) is 3. The molecule has 4 nitrogen and oxygen atoms in total. The van der Waals surface area contributed by atoms with Gasteiger partial charge in [0.1, 0.15) is 0 Å². The Morgan fingerprint density at radius 2 is 2.19 bits per heavy atom.